The summed E-state index contributed by atoms with van der Waals surface area (Å²) in [6, 6.07) is -0.473. The first-order valence-electron chi connectivity index (χ1n) is 13.7. The summed E-state index contributed by atoms with van der Waals surface area (Å²) >= 11 is 0. The molecule has 0 spiro atoms. The number of aliphatic hydroxyl groups is 2. The van der Waals surface area contributed by atoms with Crippen LogP contribution >= 0.6 is 0 Å². The van der Waals surface area contributed by atoms with Gasteiger partial charge in [0.15, 0.2) is 0 Å². The SMILES string of the molecule is CCN1CC(=O)N(CC(C)(C)CCC(O)CCCC(O)CCC(C)(C)CN2C(=O)CN(CC)C2=O)C1=O. The fourth-order valence-corrected chi connectivity index (χ4v) is 5.00. The van der Waals surface area contributed by atoms with Crippen molar-refractivity contribution in [1.82, 2.24) is 19.6 Å². The van der Waals surface area contributed by atoms with Gasteiger partial charge in [-0.05, 0) is 69.6 Å². The van der Waals surface area contributed by atoms with Gasteiger partial charge in [-0.15, -0.1) is 0 Å². The van der Waals surface area contributed by atoms with Crippen LogP contribution in [-0.4, -0.2) is 105 Å². The fraction of sp³-hybridized carbons (Fsp3) is 0.852. The van der Waals surface area contributed by atoms with Crippen LogP contribution in [0.25, 0.3) is 0 Å². The molecule has 212 valence electrons. The van der Waals surface area contributed by atoms with Gasteiger partial charge in [-0.2, -0.15) is 0 Å². The maximum atomic E-state index is 12.3. The summed E-state index contributed by atoms with van der Waals surface area (Å²) in [5.41, 5.74) is -0.596. The van der Waals surface area contributed by atoms with Gasteiger partial charge in [0.25, 0.3) is 0 Å². The van der Waals surface area contributed by atoms with Crippen molar-refractivity contribution < 1.29 is 29.4 Å². The van der Waals surface area contributed by atoms with Gasteiger partial charge in [0, 0.05) is 26.2 Å². The van der Waals surface area contributed by atoms with Gasteiger partial charge in [-0.25, -0.2) is 9.59 Å². The molecule has 0 aliphatic carbocycles. The van der Waals surface area contributed by atoms with Crippen molar-refractivity contribution in [1.29, 1.82) is 0 Å². The highest BCUT2D eigenvalue weighted by Crippen LogP contribution is 2.29. The van der Waals surface area contributed by atoms with Crippen LogP contribution in [0.2, 0.25) is 0 Å². The zero-order valence-corrected chi connectivity index (χ0v) is 23.7. The van der Waals surface area contributed by atoms with E-state index in [-0.39, 0.29) is 47.8 Å². The van der Waals surface area contributed by atoms with Gasteiger partial charge >= 0.3 is 12.1 Å². The van der Waals surface area contributed by atoms with E-state index < -0.39 is 12.2 Å². The zero-order valence-electron chi connectivity index (χ0n) is 23.7. The van der Waals surface area contributed by atoms with E-state index in [0.717, 1.165) is 0 Å². The average Bonchev–Trinajstić information content (AvgIpc) is 3.25. The van der Waals surface area contributed by atoms with E-state index in [1.165, 1.54) is 19.6 Å². The first-order chi connectivity index (χ1) is 17.2. The lowest BCUT2D eigenvalue weighted by atomic mass is 9.84. The van der Waals surface area contributed by atoms with Crippen molar-refractivity contribution in [2.24, 2.45) is 10.8 Å². The minimum atomic E-state index is -0.506. The Morgan fingerprint density at radius 3 is 1.32 bits per heavy atom. The quantitative estimate of drug-likeness (QED) is 0.299. The van der Waals surface area contributed by atoms with Crippen LogP contribution in [0.1, 0.15) is 86.5 Å². The number of hydrogen-bond acceptors (Lipinski definition) is 6. The topological polar surface area (TPSA) is 122 Å². The Labute approximate surface area is 221 Å². The lowest BCUT2D eigenvalue weighted by Crippen LogP contribution is -2.40. The predicted molar refractivity (Wildman–Crippen MR) is 141 cm³/mol. The van der Waals surface area contributed by atoms with Crippen LogP contribution < -0.4 is 0 Å². The molecule has 10 heteroatoms. The number of rotatable bonds is 16. The van der Waals surface area contributed by atoms with Crippen molar-refractivity contribution in [3.63, 3.8) is 0 Å². The molecular formula is C27H48N4O6. The molecule has 2 N–H and O–H groups in total. The van der Waals surface area contributed by atoms with E-state index in [1.807, 2.05) is 41.5 Å². The Hall–Kier alpha value is -2.20. The Bertz CT molecular complexity index is 764. The highest BCUT2D eigenvalue weighted by atomic mass is 16.3. The van der Waals surface area contributed by atoms with Crippen LogP contribution in [0.15, 0.2) is 0 Å². The average molecular weight is 525 g/mol. The molecule has 10 nitrogen and oxygen atoms in total. The van der Waals surface area contributed by atoms with Crippen LogP contribution in [0.3, 0.4) is 0 Å². The van der Waals surface area contributed by atoms with E-state index in [1.54, 1.807) is 0 Å². The molecule has 0 radical (unpaired) electrons. The Morgan fingerprint density at radius 2 is 1.03 bits per heavy atom. The lowest BCUT2D eigenvalue weighted by Gasteiger charge is -2.30. The highest BCUT2D eigenvalue weighted by molar-refractivity contribution is 6.02. The second kappa shape index (κ2) is 13.0. The van der Waals surface area contributed by atoms with Gasteiger partial charge in [0.1, 0.15) is 13.1 Å². The summed E-state index contributed by atoms with van der Waals surface area (Å²) < 4.78 is 0. The molecule has 0 bridgehead atoms. The predicted octanol–water partition coefficient (Wildman–Crippen LogP) is 3.06. The van der Waals surface area contributed by atoms with Crippen molar-refractivity contribution in [2.75, 3.05) is 39.3 Å². The third kappa shape index (κ3) is 8.95. The summed E-state index contributed by atoms with van der Waals surface area (Å²) in [7, 11) is 0. The van der Waals surface area contributed by atoms with E-state index >= 15 is 0 Å². The molecule has 2 unspecified atom stereocenters. The summed E-state index contributed by atoms with van der Waals surface area (Å²) in [6.45, 7) is 13.7. The van der Waals surface area contributed by atoms with E-state index in [9.17, 15) is 29.4 Å². The summed E-state index contributed by atoms with van der Waals surface area (Å²) in [6.07, 6.45) is 3.31. The standard InChI is InChI=1S/C27H48N4O6/c1-7-28-16-22(34)30(24(28)36)18-26(3,4)14-12-20(32)10-9-11-21(33)13-15-27(5,6)19-31-23(35)17-29(8-2)25(31)37/h20-21,32-33H,7-19H2,1-6H3. The van der Waals surface area contributed by atoms with Gasteiger partial charge < -0.3 is 20.0 Å². The van der Waals surface area contributed by atoms with E-state index in [0.29, 0.717) is 71.1 Å². The second-order valence-corrected chi connectivity index (χ2v) is 12.2. The zero-order chi connectivity index (χ0) is 28.0. The number of urea groups is 2. The first-order valence-corrected chi connectivity index (χ1v) is 13.7. The van der Waals surface area contributed by atoms with Crippen LogP contribution in [0, 0.1) is 10.8 Å². The highest BCUT2D eigenvalue weighted by Gasteiger charge is 2.39. The molecule has 2 heterocycles. The molecule has 0 aromatic carbocycles. The van der Waals surface area contributed by atoms with Gasteiger partial charge in [0.05, 0.1) is 12.2 Å². The first kappa shape index (κ1) is 31.0. The third-order valence-corrected chi connectivity index (χ3v) is 7.58. The number of hydrogen-bond donors (Lipinski definition) is 2. The normalized spacial score (nSPS) is 19.0. The molecule has 2 atom stereocenters. The molecule has 2 aliphatic rings. The fourth-order valence-electron chi connectivity index (χ4n) is 5.00. The lowest BCUT2D eigenvalue weighted by molar-refractivity contribution is -0.127. The van der Waals surface area contributed by atoms with Gasteiger partial charge in [-0.1, -0.05) is 27.7 Å². The largest absolute Gasteiger partial charge is 0.393 e. The Morgan fingerprint density at radius 1 is 0.676 bits per heavy atom. The number of amides is 6. The maximum absolute atomic E-state index is 12.3. The van der Waals surface area contributed by atoms with Gasteiger partial charge in [0.2, 0.25) is 11.8 Å². The Kier molecular flexibility index (Phi) is 10.9. The van der Waals surface area contributed by atoms with Crippen LogP contribution in [0.4, 0.5) is 9.59 Å². The minimum absolute atomic E-state index is 0.138. The van der Waals surface area contributed by atoms with E-state index in [4.69, 9.17) is 0 Å². The molecular weight excluding hydrogens is 476 g/mol. The monoisotopic (exact) mass is 524 g/mol. The van der Waals surface area contributed by atoms with Crippen molar-refractivity contribution in [2.45, 2.75) is 98.7 Å². The molecule has 6 amide bonds. The van der Waals surface area contributed by atoms with E-state index in [2.05, 4.69) is 0 Å². The molecule has 2 fully saturated rings. The number of carbonyl (C=O) groups excluding carboxylic acids is 4. The summed E-state index contributed by atoms with van der Waals surface area (Å²) in [5, 5.41) is 20.9. The number of imide groups is 2. The number of aliphatic hydroxyl groups excluding tert-OH is 2. The van der Waals surface area contributed by atoms with Crippen molar-refractivity contribution in [3.05, 3.63) is 0 Å². The third-order valence-electron chi connectivity index (χ3n) is 7.58. The molecule has 2 aliphatic heterocycles. The number of likely N-dealkylation sites (N-methyl/N-ethyl adjacent to an activating group) is 2. The van der Waals surface area contributed by atoms with Crippen LogP contribution in [0.5, 0.6) is 0 Å². The molecule has 37 heavy (non-hydrogen) atoms. The number of nitrogens with zero attached hydrogens (tertiary/aromatic N) is 4. The molecule has 0 aromatic rings. The summed E-state index contributed by atoms with van der Waals surface area (Å²) in [4.78, 5) is 54.8. The molecule has 0 aromatic heterocycles. The van der Waals surface area contributed by atoms with Crippen molar-refractivity contribution >= 4 is 23.9 Å². The second-order valence-electron chi connectivity index (χ2n) is 12.2. The number of carbonyl (C=O) groups is 4. The van der Waals surface area contributed by atoms with Crippen LogP contribution in [-0.2, 0) is 9.59 Å². The molecule has 2 rings (SSSR count). The summed E-state index contributed by atoms with van der Waals surface area (Å²) in [5.74, 6) is -0.335. The van der Waals surface area contributed by atoms with Crippen molar-refractivity contribution in [3.8, 4) is 0 Å². The van der Waals surface area contributed by atoms with Gasteiger partial charge in [-0.3, -0.25) is 19.4 Å². The maximum Gasteiger partial charge on any atom is 0.327 e. The minimum Gasteiger partial charge on any atom is -0.393 e. The Balaban J connectivity index is 1.66. The molecule has 0 saturated carbocycles. The smallest absolute Gasteiger partial charge is 0.327 e. The molecule has 2 saturated heterocycles.